The van der Waals surface area contributed by atoms with Crippen LogP contribution in [0, 0.1) is 11.3 Å². The molecule has 0 bridgehead atoms. The molecule has 0 radical (unpaired) electrons. The minimum Gasteiger partial charge on any atom is -0.387 e. The zero-order valence-electron chi connectivity index (χ0n) is 9.71. The minimum absolute atomic E-state index is 0.250. The summed E-state index contributed by atoms with van der Waals surface area (Å²) in [5.41, 5.74) is 0.0946. The van der Waals surface area contributed by atoms with Crippen LogP contribution in [0.4, 0.5) is 5.69 Å². The molecule has 0 heterocycles. The number of ketones is 1. The third-order valence-corrected chi connectivity index (χ3v) is 1.78. The van der Waals surface area contributed by atoms with Crippen LogP contribution < -0.4 is 5.32 Å². The van der Waals surface area contributed by atoms with Crippen LogP contribution in [0.3, 0.4) is 0 Å². The molecule has 18 heavy (non-hydrogen) atoms. The predicted molar refractivity (Wildman–Crippen MR) is 64.8 cm³/mol. The average molecular weight is 245 g/mol. The second kappa shape index (κ2) is 6.81. The van der Waals surface area contributed by atoms with Gasteiger partial charge in [-0.25, -0.2) is 0 Å². The summed E-state index contributed by atoms with van der Waals surface area (Å²) in [6, 6.07) is 10.2. The first-order valence-corrected chi connectivity index (χ1v) is 5.09. The number of hydrogen-bond donors (Lipinski definition) is 1. The smallest absolute Gasteiger partial charge is 0.288 e. The summed E-state index contributed by atoms with van der Waals surface area (Å²) in [4.78, 5) is 26.7. The Kier molecular flexibility index (Phi) is 5.06. The molecule has 0 unspecified atom stereocenters. The van der Waals surface area contributed by atoms with Gasteiger partial charge in [0.25, 0.3) is 5.91 Å². The fourth-order valence-corrected chi connectivity index (χ4v) is 1.01. The Balaban J connectivity index is 2.63. The molecule has 1 aromatic carbocycles. The Bertz CT molecular complexity index is 503. The number of Topliss-reactive ketones (excluding diaryl/α,β-unsaturated/α-hetero) is 1. The van der Waals surface area contributed by atoms with Crippen molar-refractivity contribution in [2.24, 2.45) is 5.16 Å². The lowest BCUT2D eigenvalue weighted by atomic mass is 10.3. The Morgan fingerprint density at radius 2 is 2.06 bits per heavy atom. The van der Waals surface area contributed by atoms with Crippen molar-refractivity contribution < 1.29 is 14.4 Å². The first-order chi connectivity index (χ1) is 8.63. The van der Waals surface area contributed by atoms with Gasteiger partial charge in [-0.2, -0.15) is 5.26 Å². The summed E-state index contributed by atoms with van der Waals surface area (Å²) in [6.45, 7) is 1.04. The van der Waals surface area contributed by atoms with Crippen LogP contribution in [0.5, 0.6) is 0 Å². The van der Waals surface area contributed by atoms with Gasteiger partial charge in [0, 0.05) is 5.69 Å². The molecular formula is C12H11N3O3. The van der Waals surface area contributed by atoms with Gasteiger partial charge in [-0.3, -0.25) is 9.59 Å². The number of benzene rings is 1. The monoisotopic (exact) mass is 245 g/mol. The first kappa shape index (κ1) is 13.4. The fourth-order valence-electron chi connectivity index (χ4n) is 1.01. The molecular weight excluding hydrogens is 234 g/mol. The van der Waals surface area contributed by atoms with Crippen LogP contribution in [0.25, 0.3) is 0 Å². The average Bonchev–Trinajstić information content (AvgIpc) is 2.35. The number of anilines is 1. The maximum Gasteiger partial charge on any atom is 0.288 e. The van der Waals surface area contributed by atoms with E-state index in [-0.39, 0.29) is 12.4 Å². The standard InChI is InChI=1S/C12H11N3O3/c1-9(16)8-18-15-11(7-13)12(17)14-10-5-3-2-4-6-10/h2-6H,8H2,1H3,(H,14,17)/b15-11+. The first-order valence-electron chi connectivity index (χ1n) is 5.09. The number of rotatable bonds is 5. The number of amides is 1. The number of nitrogens with one attached hydrogen (secondary N) is 1. The van der Waals surface area contributed by atoms with Crippen molar-refractivity contribution in [3.63, 3.8) is 0 Å². The van der Waals surface area contributed by atoms with Crippen molar-refractivity contribution in [2.45, 2.75) is 6.92 Å². The summed E-state index contributed by atoms with van der Waals surface area (Å²) in [7, 11) is 0. The molecule has 0 aromatic heterocycles. The van der Waals surface area contributed by atoms with Crippen molar-refractivity contribution in [3.8, 4) is 6.07 Å². The van der Waals surface area contributed by atoms with Crippen LogP contribution in [-0.2, 0) is 14.4 Å². The van der Waals surface area contributed by atoms with Gasteiger partial charge in [-0.15, -0.1) is 0 Å². The van der Waals surface area contributed by atoms with Gasteiger partial charge < -0.3 is 10.2 Å². The Morgan fingerprint density at radius 1 is 1.39 bits per heavy atom. The van der Waals surface area contributed by atoms with E-state index in [2.05, 4.69) is 15.3 Å². The highest BCUT2D eigenvalue weighted by atomic mass is 16.6. The Hall–Kier alpha value is -2.68. The molecule has 0 saturated carbocycles. The SMILES string of the molecule is CC(=O)CO/N=C(\C#N)C(=O)Nc1ccccc1. The maximum atomic E-state index is 11.6. The number of nitrogens with zero attached hydrogens (tertiary/aromatic N) is 2. The van der Waals surface area contributed by atoms with Gasteiger partial charge in [0.15, 0.2) is 12.4 Å². The molecule has 1 amide bonds. The Labute approximate surface area is 104 Å². The van der Waals surface area contributed by atoms with Gasteiger partial charge in [-0.1, -0.05) is 23.4 Å². The van der Waals surface area contributed by atoms with E-state index in [1.165, 1.54) is 6.92 Å². The van der Waals surface area contributed by atoms with E-state index in [0.717, 1.165) is 0 Å². The molecule has 0 atom stereocenters. The van der Waals surface area contributed by atoms with Gasteiger partial charge in [0.2, 0.25) is 5.71 Å². The molecule has 0 saturated heterocycles. The quantitative estimate of drug-likeness (QED) is 0.621. The number of carbonyl (C=O) groups excluding carboxylic acids is 2. The molecule has 6 heteroatoms. The van der Waals surface area contributed by atoms with E-state index in [1.54, 1.807) is 36.4 Å². The van der Waals surface area contributed by atoms with Gasteiger partial charge in [-0.05, 0) is 19.1 Å². The lowest BCUT2D eigenvalue weighted by molar-refractivity contribution is -0.121. The van der Waals surface area contributed by atoms with Crippen molar-refractivity contribution >= 4 is 23.1 Å². The summed E-state index contributed by atoms with van der Waals surface area (Å²) in [5.74, 6) is -0.938. The van der Waals surface area contributed by atoms with Crippen LogP contribution in [0.15, 0.2) is 35.5 Å². The number of hydrogen-bond acceptors (Lipinski definition) is 5. The maximum absolute atomic E-state index is 11.6. The molecule has 0 aliphatic carbocycles. The molecule has 92 valence electrons. The van der Waals surface area contributed by atoms with Crippen LogP contribution in [0.1, 0.15) is 6.92 Å². The van der Waals surface area contributed by atoms with Crippen molar-refractivity contribution in [1.82, 2.24) is 0 Å². The topological polar surface area (TPSA) is 91.5 Å². The molecule has 1 aromatic rings. The van der Waals surface area contributed by atoms with Crippen molar-refractivity contribution in [1.29, 1.82) is 5.26 Å². The molecule has 0 spiro atoms. The highest BCUT2D eigenvalue weighted by Gasteiger charge is 2.12. The normalized spacial score (nSPS) is 10.3. The molecule has 0 aliphatic heterocycles. The highest BCUT2D eigenvalue weighted by molar-refractivity contribution is 6.48. The van der Waals surface area contributed by atoms with E-state index in [9.17, 15) is 9.59 Å². The summed E-state index contributed by atoms with van der Waals surface area (Å²) < 4.78 is 0. The Morgan fingerprint density at radius 3 is 2.61 bits per heavy atom. The van der Waals surface area contributed by atoms with Gasteiger partial charge in [0.05, 0.1) is 0 Å². The predicted octanol–water partition coefficient (Wildman–Crippen LogP) is 1.11. The summed E-state index contributed by atoms with van der Waals surface area (Å²) in [5, 5.41) is 14.5. The second-order valence-corrected chi connectivity index (χ2v) is 3.35. The fraction of sp³-hybridized carbons (Fsp3) is 0.167. The van der Waals surface area contributed by atoms with E-state index < -0.39 is 11.6 Å². The number of para-hydroxylation sites is 1. The van der Waals surface area contributed by atoms with Crippen LogP contribution >= 0.6 is 0 Å². The van der Waals surface area contributed by atoms with E-state index in [1.807, 2.05) is 0 Å². The molecule has 0 aliphatic rings. The van der Waals surface area contributed by atoms with Crippen LogP contribution in [-0.4, -0.2) is 24.0 Å². The molecule has 0 fully saturated rings. The van der Waals surface area contributed by atoms with Crippen molar-refractivity contribution in [2.75, 3.05) is 11.9 Å². The lowest BCUT2D eigenvalue weighted by Crippen LogP contribution is -2.22. The second-order valence-electron chi connectivity index (χ2n) is 3.35. The van der Waals surface area contributed by atoms with Gasteiger partial charge >= 0.3 is 0 Å². The minimum atomic E-state index is -0.688. The summed E-state index contributed by atoms with van der Waals surface area (Å²) >= 11 is 0. The number of nitriles is 1. The number of carbonyl (C=O) groups is 2. The number of oxime groups is 1. The van der Waals surface area contributed by atoms with E-state index in [4.69, 9.17) is 5.26 Å². The molecule has 6 nitrogen and oxygen atoms in total. The van der Waals surface area contributed by atoms with Gasteiger partial charge in [0.1, 0.15) is 6.07 Å². The molecule has 1 rings (SSSR count). The van der Waals surface area contributed by atoms with E-state index in [0.29, 0.717) is 5.69 Å². The van der Waals surface area contributed by atoms with Crippen LogP contribution in [0.2, 0.25) is 0 Å². The largest absolute Gasteiger partial charge is 0.387 e. The van der Waals surface area contributed by atoms with Crippen molar-refractivity contribution in [3.05, 3.63) is 30.3 Å². The lowest BCUT2D eigenvalue weighted by Gasteiger charge is -2.02. The zero-order valence-corrected chi connectivity index (χ0v) is 9.71. The third-order valence-electron chi connectivity index (χ3n) is 1.78. The highest BCUT2D eigenvalue weighted by Crippen LogP contribution is 2.04. The molecule has 1 N–H and O–H groups in total. The zero-order chi connectivity index (χ0) is 13.4. The summed E-state index contributed by atoms with van der Waals surface area (Å²) in [6.07, 6.45) is 0. The third kappa shape index (κ3) is 4.45. The van der Waals surface area contributed by atoms with E-state index >= 15 is 0 Å².